The molecule has 0 aliphatic heterocycles. The zero-order valence-corrected chi connectivity index (χ0v) is 13.6. The number of amides is 1. The summed E-state index contributed by atoms with van der Waals surface area (Å²) in [6.07, 6.45) is 0. The van der Waals surface area contributed by atoms with Crippen LogP contribution in [0.15, 0.2) is 20.1 Å². The SMILES string of the molecule is CC(CN)CNC(=O)CNS(=O)(=O)c1ccc(Br)s1. The fraction of sp³-hybridized carbons (Fsp3) is 0.500. The Bertz CT molecular complexity index is 530. The first-order chi connectivity index (χ1) is 8.85. The lowest BCUT2D eigenvalue weighted by Crippen LogP contribution is -2.39. The van der Waals surface area contributed by atoms with Crippen LogP contribution in [-0.4, -0.2) is 34.0 Å². The number of nitrogens with one attached hydrogen (secondary N) is 2. The van der Waals surface area contributed by atoms with Gasteiger partial charge in [-0.3, -0.25) is 4.79 Å². The molecule has 0 saturated carbocycles. The molecule has 1 aromatic rings. The second-order valence-electron chi connectivity index (χ2n) is 4.03. The second kappa shape index (κ2) is 7.34. The average Bonchev–Trinajstić information content (AvgIpc) is 2.81. The molecule has 0 radical (unpaired) electrons. The van der Waals surface area contributed by atoms with E-state index in [0.29, 0.717) is 16.9 Å². The lowest BCUT2D eigenvalue weighted by atomic mass is 10.2. The van der Waals surface area contributed by atoms with E-state index in [9.17, 15) is 13.2 Å². The maximum absolute atomic E-state index is 11.8. The second-order valence-corrected chi connectivity index (χ2v) is 8.48. The molecule has 6 nitrogen and oxygen atoms in total. The normalized spacial score (nSPS) is 13.2. The van der Waals surface area contributed by atoms with Gasteiger partial charge in [0.1, 0.15) is 4.21 Å². The van der Waals surface area contributed by atoms with Crippen molar-refractivity contribution < 1.29 is 13.2 Å². The van der Waals surface area contributed by atoms with Crippen molar-refractivity contribution in [1.29, 1.82) is 0 Å². The van der Waals surface area contributed by atoms with Crippen LogP contribution in [0.1, 0.15) is 6.92 Å². The Hall–Kier alpha value is -0.480. The number of hydrogen-bond donors (Lipinski definition) is 3. The highest BCUT2D eigenvalue weighted by Crippen LogP contribution is 2.25. The van der Waals surface area contributed by atoms with Crippen LogP contribution in [0.25, 0.3) is 0 Å². The van der Waals surface area contributed by atoms with Crippen LogP contribution in [0.2, 0.25) is 0 Å². The van der Waals surface area contributed by atoms with Gasteiger partial charge in [0.15, 0.2) is 0 Å². The van der Waals surface area contributed by atoms with Crippen molar-refractivity contribution in [3.8, 4) is 0 Å². The molecule has 0 spiro atoms. The zero-order chi connectivity index (χ0) is 14.5. The van der Waals surface area contributed by atoms with E-state index in [4.69, 9.17) is 5.73 Å². The molecule has 1 amide bonds. The molecule has 0 fully saturated rings. The molecule has 9 heteroatoms. The quantitative estimate of drug-likeness (QED) is 0.651. The van der Waals surface area contributed by atoms with Gasteiger partial charge in [-0.2, -0.15) is 0 Å². The molecular formula is C10H16BrN3O3S2. The summed E-state index contributed by atoms with van der Waals surface area (Å²) in [7, 11) is -3.63. The van der Waals surface area contributed by atoms with Crippen LogP contribution < -0.4 is 15.8 Å². The molecule has 1 atom stereocenters. The van der Waals surface area contributed by atoms with Crippen LogP contribution in [0.4, 0.5) is 0 Å². The highest BCUT2D eigenvalue weighted by Gasteiger charge is 2.17. The van der Waals surface area contributed by atoms with Crippen LogP contribution >= 0.6 is 27.3 Å². The molecule has 0 saturated heterocycles. The molecule has 19 heavy (non-hydrogen) atoms. The van der Waals surface area contributed by atoms with Crippen molar-refractivity contribution in [2.75, 3.05) is 19.6 Å². The summed E-state index contributed by atoms with van der Waals surface area (Å²) in [5, 5.41) is 2.61. The predicted molar refractivity (Wildman–Crippen MR) is 78.4 cm³/mol. The van der Waals surface area contributed by atoms with E-state index >= 15 is 0 Å². The average molecular weight is 370 g/mol. The third kappa shape index (κ3) is 5.57. The Morgan fingerprint density at radius 1 is 1.53 bits per heavy atom. The molecule has 0 aliphatic rings. The Morgan fingerprint density at radius 2 is 2.21 bits per heavy atom. The van der Waals surface area contributed by atoms with Gasteiger partial charge in [-0.05, 0) is 40.5 Å². The van der Waals surface area contributed by atoms with Crippen molar-refractivity contribution in [1.82, 2.24) is 10.0 Å². The van der Waals surface area contributed by atoms with Gasteiger partial charge in [0, 0.05) is 6.54 Å². The van der Waals surface area contributed by atoms with E-state index in [1.54, 1.807) is 6.07 Å². The first kappa shape index (κ1) is 16.6. The first-order valence-electron chi connectivity index (χ1n) is 5.57. The molecule has 108 valence electrons. The van der Waals surface area contributed by atoms with E-state index in [-0.39, 0.29) is 22.6 Å². The van der Waals surface area contributed by atoms with Gasteiger partial charge in [-0.15, -0.1) is 11.3 Å². The highest BCUT2D eigenvalue weighted by atomic mass is 79.9. The first-order valence-corrected chi connectivity index (χ1v) is 8.66. The molecule has 1 heterocycles. The van der Waals surface area contributed by atoms with Crippen LogP contribution in [-0.2, 0) is 14.8 Å². The van der Waals surface area contributed by atoms with E-state index < -0.39 is 10.0 Å². The third-order valence-electron chi connectivity index (χ3n) is 2.29. The molecule has 0 aliphatic carbocycles. The molecule has 1 unspecified atom stereocenters. The molecular weight excluding hydrogens is 354 g/mol. The minimum atomic E-state index is -3.63. The number of nitrogens with two attached hydrogens (primary N) is 1. The zero-order valence-electron chi connectivity index (χ0n) is 10.3. The van der Waals surface area contributed by atoms with Gasteiger partial charge in [-0.25, -0.2) is 13.1 Å². The van der Waals surface area contributed by atoms with Crippen molar-refractivity contribution in [2.24, 2.45) is 11.7 Å². The van der Waals surface area contributed by atoms with Crippen LogP contribution in [0.5, 0.6) is 0 Å². The predicted octanol–water partition coefficient (Wildman–Crippen LogP) is 0.500. The van der Waals surface area contributed by atoms with Crippen LogP contribution in [0.3, 0.4) is 0 Å². The van der Waals surface area contributed by atoms with Crippen molar-refractivity contribution >= 4 is 43.2 Å². The minimum Gasteiger partial charge on any atom is -0.355 e. The molecule has 0 aromatic carbocycles. The number of halogens is 1. The Kier molecular flexibility index (Phi) is 6.40. The molecule has 1 rings (SSSR count). The standard InChI is InChI=1S/C10H16BrN3O3S2/c1-7(4-12)5-13-9(15)6-14-19(16,17)10-3-2-8(11)18-10/h2-3,7,14H,4-6,12H2,1H3,(H,13,15). The van der Waals surface area contributed by atoms with Crippen LogP contribution in [0, 0.1) is 5.92 Å². The molecule has 4 N–H and O–H groups in total. The smallest absolute Gasteiger partial charge is 0.250 e. The van der Waals surface area contributed by atoms with Gasteiger partial charge in [0.25, 0.3) is 10.0 Å². The number of carbonyl (C=O) groups is 1. The summed E-state index contributed by atoms with van der Waals surface area (Å²) in [5.41, 5.74) is 5.41. The van der Waals surface area contributed by atoms with Crippen molar-refractivity contribution in [3.05, 3.63) is 15.9 Å². The third-order valence-corrected chi connectivity index (χ3v) is 5.80. The number of hydrogen-bond acceptors (Lipinski definition) is 5. The van der Waals surface area contributed by atoms with Crippen molar-refractivity contribution in [3.63, 3.8) is 0 Å². The highest BCUT2D eigenvalue weighted by molar-refractivity contribution is 9.11. The molecule has 0 bridgehead atoms. The lowest BCUT2D eigenvalue weighted by molar-refractivity contribution is -0.120. The van der Waals surface area contributed by atoms with Gasteiger partial charge in [0.2, 0.25) is 5.91 Å². The topological polar surface area (TPSA) is 101 Å². The van der Waals surface area contributed by atoms with Gasteiger partial charge in [-0.1, -0.05) is 6.92 Å². The van der Waals surface area contributed by atoms with E-state index in [1.807, 2.05) is 6.92 Å². The fourth-order valence-electron chi connectivity index (χ4n) is 1.11. The fourth-order valence-corrected chi connectivity index (χ4v) is 4.14. The Labute approximate surface area is 124 Å². The summed E-state index contributed by atoms with van der Waals surface area (Å²) in [4.78, 5) is 11.5. The minimum absolute atomic E-state index is 0.161. The Balaban J connectivity index is 2.45. The maximum atomic E-state index is 11.8. The summed E-state index contributed by atoms with van der Waals surface area (Å²) in [6.45, 7) is 2.51. The summed E-state index contributed by atoms with van der Waals surface area (Å²) >= 11 is 4.27. The molecule has 1 aromatic heterocycles. The number of sulfonamides is 1. The summed E-state index contributed by atoms with van der Waals surface area (Å²) in [6, 6.07) is 3.12. The van der Waals surface area contributed by atoms with Gasteiger partial charge < -0.3 is 11.1 Å². The largest absolute Gasteiger partial charge is 0.355 e. The van der Waals surface area contributed by atoms with E-state index in [2.05, 4.69) is 26.0 Å². The summed E-state index contributed by atoms with van der Waals surface area (Å²) < 4.78 is 26.8. The number of carbonyl (C=O) groups excluding carboxylic acids is 1. The maximum Gasteiger partial charge on any atom is 0.250 e. The van der Waals surface area contributed by atoms with Gasteiger partial charge in [0.05, 0.1) is 10.3 Å². The Morgan fingerprint density at radius 3 is 2.74 bits per heavy atom. The van der Waals surface area contributed by atoms with E-state index in [0.717, 1.165) is 11.3 Å². The van der Waals surface area contributed by atoms with E-state index in [1.165, 1.54) is 6.07 Å². The van der Waals surface area contributed by atoms with Gasteiger partial charge >= 0.3 is 0 Å². The monoisotopic (exact) mass is 369 g/mol. The number of thiophene rings is 1. The summed E-state index contributed by atoms with van der Waals surface area (Å²) in [5.74, 6) is -0.215. The lowest BCUT2D eigenvalue weighted by Gasteiger charge is -2.10. The van der Waals surface area contributed by atoms with Crippen molar-refractivity contribution in [2.45, 2.75) is 11.1 Å². The number of rotatable bonds is 7.